The molecule has 0 saturated heterocycles. The van der Waals surface area contributed by atoms with Gasteiger partial charge in [0.05, 0.1) is 13.5 Å². The van der Waals surface area contributed by atoms with Crippen LogP contribution in [0.1, 0.15) is 16.8 Å². The topological polar surface area (TPSA) is 46.6 Å². The summed E-state index contributed by atoms with van der Waals surface area (Å²) in [7, 11) is 2.86. The molecular formula is C11H12INO3. The predicted octanol–water partition coefficient (Wildman–Crippen LogP) is 1.88. The lowest BCUT2D eigenvalue weighted by Crippen LogP contribution is -2.27. The molecule has 16 heavy (non-hydrogen) atoms. The van der Waals surface area contributed by atoms with E-state index in [0.29, 0.717) is 5.56 Å². The molecule has 0 saturated carbocycles. The van der Waals surface area contributed by atoms with Crippen molar-refractivity contribution in [2.75, 3.05) is 14.2 Å². The predicted molar refractivity (Wildman–Crippen MR) is 67.9 cm³/mol. The van der Waals surface area contributed by atoms with E-state index in [0.717, 1.165) is 8.63 Å². The summed E-state index contributed by atoms with van der Waals surface area (Å²) in [6, 6.07) is 7.17. The highest BCUT2D eigenvalue weighted by molar-refractivity contribution is 14.1. The lowest BCUT2D eigenvalue weighted by Gasteiger charge is -2.13. The molecule has 0 heterocycles. The van der Waals surface area contributed by atoms with Crippen molar-refractivity contribution in [2.45, 2.75) is 6.42 Å². The van der Waals surface area contributed by atoms with Gasteiger partial charge in [-0.25, -0.2) is 5.06 Å². The number of ketones is 1. The molecule has 1 amide bonds. The minimum Gasteiger partial charge on any atom is -0.294 e. The van der Waals surface area contributed by atoms with Crippen LogP contribution < -0.4 is 0 Å². The monoisotopic (exact) mass is 333 g/mol. The summed E-state index contributed by atoms with van der Waals surface area (Å²) < 4.78 is 0.845. The second-order valence-corrected chi connectivity index (χ2v) is 4.32. The number of benzene rings is 1. The number of carbonyl (C=O) groups is 2. The molecule has 0 atom stereocenters. The molecule has 0 aliphatic rings. The molecule has 0 aliphatic heterocycles. The SMILES string of the molecule is CON(C)C(=O)CC(=O)c1ccccc1I. The molecule has 0 radical (unpaired) electrons. The van der Waals surface area contributed by atoms with Crippen molar-refractivity contribution in [2.24, 2.45) is 0 Å². The van der Waals surface area contributed by atoms with Gasteiger partial charge in [0.15, 0.2) is 5.78 Å². The fraction of sp³-hybridized carbons (Fsp3) is 0.273. The van der Waals surface area contributed by atoms with Crippen LogP contribution in [0.3, 0.4) is 0 Å². The summed E-state index contributed by atoms with van der Waals surface area (Å²) in [5.74, 6) is -0.550. The fourth-order valence-electron chi connectivity index (χ4n) is 1.13. The number of hydroxylamine groups is 2. The first kappa shape index (κ1) is 13.1. The van der Waals surface area contributed by atoms with Crippen LogP contribution in [0.4, 0.5) is 0 Å². The van der Waals surface area contributed by atoms with Gasteiger partial charge in [-0.15, -0.1) is 0 Å². The third-order valence-corrected chi connectivity index (χ3v) is 3.05. The zero-order valence-electron chi connectivity index (χ0n) is 9.07. The van der Waals surface area contributed by atoms with Gasteiger partial charge in [-0.1, -0.05) is 18.2 Å². The number of amides is 1. The Bertz CT molecular complexity index is 406. The van der Waals surface area contributed by atoms with Crippen molar-refractivity contribution in [3.8, 4) is 0 Å². The van der Waals surface area contributed by atoms with Crippen molar-refractivity contribution in [3.63, 3.8) is 0 Å². The summed E-state index contributed by atoms with van der Waals surface area (Å²) in [4.78, 5) is 27.9. The summed E-state index contributed by atoms with van der Waals surface area (Å²) in [6.07, 6.45) is -0.176. The van der Waals surface area contributed by atoms with E-state index in [-0.39, 0.29) is 18.1 Å². The van der Waals surface area contributed by atoms with Crippen molar-refractivity contribution in [1.82, 2.24) is 5.06 Å². The summed E-state index contributed by atoms with van der Waals surface area (Å²) >= 11 is 2.07. The lowest BCUT2D eigenvalue weighted by molar-refractivity contribution is -0.167. The quantitative estimate of drug-likeness (QED) is 0.366. The number of nitrogens with zero attached hydrogens (tertiary/aromatic N) is 1. The van der Waals surface area contributed by atoms with Crippen molar-refractivity contribution in [3.05, 3.63) is 33.4 Å². The number of halogens is 1. The molecule has 1 aromatic rings. The van der Waals surface area contributed by atoms with E-state index in [2.05, 4.69) is 22.6 Å². The third-order valence-electron chi connectivity index (χ3n) is 2.11. The van der Waals surface area contributed by atoms with Gasteiger partial charge in [0.2, 0.25) is 0 Å². The normalized spacial score (nSPS) is 9.94. The van der Waals surface area contributed by atoms with Gasteiger partial charge in [-0.3, -0.25) is 14.4 Å². The van der Waals surface area contributed by atoms with E-state index < -0.39 is 0 Å². The van der Waals surface area contributed by atoms with Gasteiger partial charge in [0.1, 0.15) is 0 Å². The second-order valence-electron chi connectivity index (χ2n) is 3.15. The number of hydrogen-bond donors (Lipinski definition) is 0. The minimum atomic E-state index is -0.354. The molecule has 0 N–H and O–H groups in total. The molecule has 0 bridgehead atoms. The zero-order valence-corrected chi connectivity index (χ0v) is 11.2. The van der Waals surface area contributed by atoms with Gasteiger partial charge in [0, 0.05) is 16.2 Å². The Morgan fingerprint density at radius 1 is 1.38 bits per heavy atom. The first-order valence-corrected chi connectivity index (χ1v) is 5.72. The average molecular weight is 333 g/mol. The van der Waals surface area contributed by atoms with Crippen molar-refractivity contribution < 1.29 is 14.4 Å². The Morgan fingerprint density at radius 3 is 2.56 bits per heavy atom. The van der Waals surface area contributed by atoms with E-state index in [1.165, 1.54) is 14.2 Å². The standard InChI is InChI=1S/C11H12INO3/c1-13(16-2)11(15)7-10(14)8-5-3-4-6-9(8)12/h3-6H,7H2,1-2H3. The molecule has 5 heteroatoms. The van der Waals surface area contributed by atoms with Gasteiger partial charge in [0.25, 0.3) is 5.91 Å². The molecule has 0 aliphatic carbocycles. The fourth-order valence-corrected chi connectivity index (χ4v) is 1.82. The van der Waals surface area contributed by atoms with Gasteiger partial charge in [-0.2, -0.15) is 0 Å². The van der Waals surface area contributed by atoms with Gasteiger partial charge < -0.3 is 0 Å². The van der Waals surface area contributed by atoms with Crippen LogP contribution in [0.5, 0.6) is 0 Å². The van der Waals surface area contributed by atoms with Crippen LogP contribution in [0.25, 0.3) is 0 Å². The Morgan fingerprint density at radius 2 is 2.00 bits per heavy atom. The lowest BCUT2D eigenvalue weighted by atomic mass is 10.1. The first-order valence-electron chi connectivity index (χ1n) is 4.64. The molecule has 1 rings (SSSR count). The maximum Gasteiger partial charge on any atom is 0.253 e. The highest BCUT2D eigenvalue weighted by Gasteiger charge is 2.16. The largest absolute Gasteiger partial charge is 0.294 e. The Hall–Kier alpha value is -0.950. The number of rotatable bonds is 4. The van der Waals surface area contributed by atoms with E-state index in [1.807, 2.05) is 12.1 Å². The number of hydrogen-bond acceptors (Lipinski definition) is 3. The van der Waals surface area contributed by atoms with Crippen LogP contribution in [0.15, 0.2) is 24.3 Å². The van der Waals surface area contributed by atoms with Crippen molar-refractivity contribution in [1.29, 1.82) is 0 Å². The smallest absolute Gasteiger partial charge is 0.253 e. The first-order chi connectivity index (χ1) is 7.56. The highest BCUT2D eigenvalue weighted by atomic mass is 127. The van der Waals surface area contributed by atoms with E-state index >= 15 is 0 Å². The van der Waals surface area contributed by atoms with Crippen LogP contribution >= 0.6 is 22.6 Å². The maximum absolute atomic E-state index is 11.8. The molecule has 0 spiro atoms. The van der Waals surface area contributed by atoms with Crippen LogP contribution in [0, 0.1) is 3.57 Å². The Kier molecular flexibility index (Phi) is 4.88. The minimum absolute atomic E-state index is 0.176. The zero-order chi connectivity index (χ0) is 12.1. The van der Waals surface area contributed by atoms with Crippen molar-refractivity contribution >= 4 is 34.3 Å². The molecule has 4 nitrogen and oxygen atoms in total. The molecule has 0 aromatic heterocycles. The number of carbonyl (C=O) groups excluding carboxylic acids is 2. The molecule has 1 aromatic carbocycles. The van der Waals surface area contributed by atoms with Crippen LogP contribution in [0.2, 0.25) is 0 Å². The van der Waals surface area contributed by atoms with Crippen LogP contribution in [-0.2, 0) is 9.63 Å². The van der Waals surface area contributed by atoms with Crippen LogP contribution in [-0.4, -0.2) is 30.9 Å². The van der Waals surface area contributed by atoms with E-state index in [4.69, 9.17) is 4.84 Å². The van der Waals surface area contributed by atoms with Gasteiger partial charge >= 0.3 is 0 Å². The third kappa shape index (κ3) is 3.28. The highest BCUT2D eigenvalue weighted by Crippen LogP contribution is 2.13. The van der Waals surface area contributed by atoms with E-state index in [1.54, 1.807) is 12.1 Å². The number of Topliss-reactive ketones (excluding diaryl/α,β-unsaturated/α-hetero) is 1. The Balaban J connectivity index is 2.74. The molecule has 86 valence electrons. The molecule has 0 unspecified atom stereocenters. The summed E-state index contributed by atoms with van der Waals surface area (Å²) in [5.41, 5.74) is 0.570. The molecule has 0 fully saturated rings. The molecular weight excluding hydrogens is 321 g/mol. The summed E-state index contributed by atoms with van der Waals surface area (Å²) in [5, 5.41) is 1.05. The maximum atomic E-state index is 11.8. The second kappa shape index (κ2) is 5.95. The Labute approximate surface area is 108 Å². The average Bonchev–Trinajstić information content (AvgIpc) is 2.28. The van der Waals surface area contributed by atoms with Gasteiger partial charge in [-0.05, 0) is 28.7 Å². The van der Waals surface area contributed by atoms with E-state index in [9.17, 15) is 9.59 Å². The summed E-state index contributed by atoms with van der Waals surface area (Å²) in [6.45, 7) is 0.